The van der Waals surface area contributed by atoms with Gasteiger partial charge < -0.3 is 20.4 Å². The molecule has 6 nitrogen and oxygen atoms in total. The number of imidazole rings is 1. The minimum Gasteiger partial charge on any atom is -0.381 e. The van der Waals surface area contributed by atoms with Gasteiger partial charge in [-0.1, -0.05) is 0 Å². The van der Waals surface area contributed by atoms with Gasteiger partial charge in [0.25, 0.3) is 0 Å². The van der Waals surface area contributed by atoms with E-state index in [2.05, 4.69) is 9.97 Å². The van der Waals surface area contributed by atoms with E-state index in [-0.39, 0.29) is 11.8 Å². The molecule has 0 radical (unpaired) electrons. The molecule has 3 rings (SSSR count). The number of alkyl halides is 3. The molecule has 0 aliphatic carbocycles. The summed E-state index contributed by atoms with van der Waals surface area (Å²) < 4.78 is 43.4. The molecule has 2 fully saturated rings. The monoisotopic (exact) mass is 360 g/mol. The number of aromatic amines is 1. The molecule has 2 aliphatic heterocycles. The summed E-state index contributed by atoms with van der Waals surface area (Å²) in [6.07, 6.45) is -1.16. The minimum absolute atomic E-state index is 0.0483. The van der Waals surface area contributed by atoms with Gasteiger partial charge in [-0.2, -0.15) is 13.2 Å². The van der Waals surface area contributed by atoms with Crippen LogP contribution in [0.1, 0.15) is 43.1 Å². The van der Waals surface area contributed by atoms with E-state index in [1.807, 2.05) is 0 Å². The fourth-order valence-corrected chi connectivity index (χ4v) is 3.65. The fraction of sp³-hybridized carbons (Fsp3) is 0.750. The second kappa shape index (κ2) is 6.95. The summed E-state index contributed by atoms with van der Waals surface area (Å²) in [5.74, 6) is 0.301. The second-order valence-corrected chi connectivity index (χ2v) is 6.84. The number of halogens is 3. The Hall–Kier alpha value is -1.61. The Morgan fingerprint density at radius 1 is 1.36 bits per heavy atom. The largest absolute Gasteiger partial charge is 0.432 e. The highest BCUT2D eigenvalue weighted by atomic mass is 19.4. The minimum atomic E-state index is -4.42. The number of likely N-dealkylation sites (tertiary alicyclic amines) is 1. The van der Waals surface area contributed by atoms with Crippen molar-refractivity contribution in [3.05, 3.63) is 17.7 Å². The number of aromatic nitrogens is 2. The number of carbonyl (C=O) groups excluding carboxylic acids is 1. The molecule has 0 aromatic carbocycles. The third-order valence-corrected chi connectivity index (χ3v) is 5.36. The van der Waals surface area contributed by atoms with Gasteiger partial charge in [-0.05, 0) is 25.7 Å². The van der Waals surface area contributed by atoms with E-state index in [0.717, 1.165) is 6.20 Å². The lowest BCUT2D eigenvalue weighted by Crippen LogP contribution is -2.52. The third-order valence-electron chi connectivity index (χ3n) is 5.36. The average Bonchev–Trinajstić information content (AvgIpc) is 3.12. The van der Waals surface area contributed by atoms with Crippen LogP contribution in [0.3, 0.4) is 0 Å². The zero-order valence-corrected chi connectivity index (χ0v) is 13.9. The van der Waals surface area contributed by atoms with Crippen molar-refractivity contribution in [3.63, 3.8) is 0 Å². The number of hydrogen-bond donors (Lipinski definition) is 2. The maximum Gasteiger partial charge on any atom is 0.432 e. The van der Waals surface area contributed by atoms with Gasteiger partial charge in [0.15, 0.2) is 0 Å². The standard InChI is InChI=1S/C16H23F3N4O2/c17-16(18,19)12-9-21-13(22-12)11-1-5-23(6-2-11)14(24)15(10-20)3-7-25-8-4-15/h9,11H,1-8,10,20H2,(H,21,22). The highest BCUT2D eigenvalue weighted by molar-refractivity contribution is 5.83. The summed E-state index contributed by atoms with van der Waals surface area (Å²) >= 11 is 0. The average molecular weight is 360 g/mol. The molecule has 140 valence electrons. The van der Waals surface area contributed by atoms with Gasteiger partial charge in [-0.3, -0.25) is 4.79 Å². The van der Waals surface area contributed by atoms with E-state index < -0.39 is 17.3 Å². The Morgan fingerprint density at radius 3 is 2.52 bits per heavy atom. The lowest BCUT2D eigenvalue weighted by molar-refractivity contribution is -0.148. The third kappa shape index (κ3) is 3.67. The van der Waals surface area contributed by atoms with Gasteiger partial charge >= 0.3 is 6.18 Å². The van der Waals surface area contributed by atoms with Crippen LogP contribution in [0.25, 0.3) is 0 Å². The van der Waals surface area contributed by atoms with Crippen LogP contribution in [0.5, 0.6) is 0 Å². The summed E-state index contributed by atoms with van der Waals surface area (Å²) in [7, 11) is 0. The number of hydrogen-bond acceptors (Lipinski definition) is 4. The molecule has 3 N–H and O–H groups in total. The van der Waals surface area contributed by atoms with Gasteiger partial charge in [-0.15, -0.1) is 0 Å². The molecule has 9 heteroatoms. The van der Waals surface area contributed by atoms with Crippen LogP contribution >= 0.6 is 0 Å². The smallest absolute Gasteiger partial charge is 0.381 e. The van der Waals surface area contributed by atoms with E-state index in [1.165, 1.54) is 0 Å². The van der Waals surface area contributed by atoms with E-state index in [9.17, 15) is 18.0 Å². The number of piperidine rings is 1. The normalized spacial score (nSPS) is 22.2. The van der Waals surface area contributed by atoms with Crippen LogP contribution in [0.15, 0.2) is 6.20 Å². The highest BCUT2D eigenvalue weighted by Crippen LogP contribution is 2.35. The van der Waals surface area contributed by atoms with Crippen LogP contribution < -0.4 is 5.73 Å². The van der Waals surface area contributed by atoms with Crippen molar-refractivity contribution in [2.24, 2.45) is 11.1 Å². The van der Waals surface area contributed by atoms with Crippen molar-refractivity contribution >= 4 is 5.91 Å². The predicted molar refractivity (Wildman–Crippen MR) is 83.7 cm³/mol. The molecule has 1 aromatic rings. The molecule has 2 aliphatic rings. The first kappa shape index (κ1) is 18.2. The van der Waals surface area contributed by atoms with Crippen LogP contribution in [0.4, 0.5) is 13.2 Å². The lowest BCUT2D eigenvalue weighted by atomic mass is 9.78. The van der Waals surface area contributed by atoms with Gasteiger partial charge in [0, 0.05) is 38.8 Å². The van der Waals surface area contributed by atoms with Crippen molar-refractivity contribution in [2.75, 3.05) is 32.8 Å². The van der Waals surface area contributed by atoms with E-state index in [0.29, 0.717) is 64.4 Å². The van der Waals surface area contributed by atoms with Gasteiger partial charge in [0.1, 0.15) is 11.5 Å². The van der Waals surface area contributed by atoms with Crippen LogP contribution in [-0.4, -0.2) is 53.6 Å². The summed E-state index contributed by atoms with van der Waals surface area (Å²) in [6, 6.07) is 0. The Balaban J connectivity index is 1.61. The maximum absolute atomic E-state index is 12.9. The summed E-state index contributed by atoms with van der Waals surface area (Å²) in [4.78, 5) is 21.0. The molecule has 0 spiro atoms. The second-order valence-electron chi connectivity index (χ2n) is 6.84. The van der Waals surface area contributed by atoms with E-state index in [4.69, 9.17) is 10.5 Å². The summed E-state index contributed by atoms with van der Waals surface area (Å²) in [5.41, 5.74) is 4.50. The highest BCUT2D eigenvalue weighted by Gasteiger charge is 2.42. The topological polar surface area (TPSA) is 84.2 Å². The summed E-state index contributed by atoms with van der Waals surface area (Å²) in [6.45, 7) is 2.38. The number of ether oxygens (including phenoxy) is 1. The number of rotatable bonds is 3. The van der Waals surface area contributed by atoms with Gasteiger partial charge in [0.05, 0.1) is 11.6 Å². The fourth-order valence-electron chi connectivity index (χ4n) is 3.65. The number of nitrogens with zero attached hydrogens (tertiary/aromatic N) is 2. The van der Waals surface area contributed by atoms with Crippen LogP contribution in [0.2, 0.25) is 0 Å². The quantitative estimate of drug-likeness (QED) is 0.862. The van der Waals surface area contributed by atoms with Gasteiger partial charge in [0.2, 0.25) is 5.91 Å². The first-order valence-corrected chi connectivity index (χ1v) is 8.55. The van der Waals surface area contributed by atoms with Crippen molar-refractivity contribution in [1.82, 2.24) is 14.9 Å². The van der Waals surface area contributed by atoms with Crippen molar-refractivity contribution < 1.29 is 22.7 Å². The number of H-pyrrole nitrogens is 1. The molecule has 2 saturated heterocycles. The van der Waals surface area contributed by atoms with Crippen LogP contribution in [-0.2, 0) is 15.7 Å². The molecular weight excluding hydrogens is 337 g/mol. The number of carbonyl (C=O) groups is 1. The molecule has 0 bridgehead atoms. The number of amides is 1. The zero-order valence-electron chi connectivity index (χ0n) is 13.9. The van der Waals surface area contributed by atoms with Crippen molar-refractivity contribution in [1.29, 1.82) is 0 Å². The first-order chi connectivity index (χ1) is 11.9. The van der Waals surface area contributed by atoms with Gasteiger partial charge in [-0.25, -0.2) is 4.98 Å². The zero-order chi connectivity index (χ0) is 18.1. The summed E-state index contributed by atoms with van der Waals surface area (Å²) in [5, 5.41) is 0. The molecular formula is C16H23F3N4O2. The first-order valence-electron chi connectivity index (χ1n) is 8.55. The molecule has 0 unspecified atom stereocenters. The van der Waals surface area contributed by atoms with Crippen molar-refractivity contribution in [2.45, 2.75) is 37.8 Å². The van der Waals surface area contributed by atoms with E-state index >= 15 is 0 Å². The SMILES string of the molecule is NCC1(C(=O)N2CCC(c3ncc(C(F)(F)F)[nH]3)CC2)CCOCC1. The maximum atomic E-state index is 12.9. The Labute approximate surface area is 143 Å². The van der Waals surface area contributed by atoms with Crippen molar-refractivity contribution in [3.8, 4) is 0 Å². The Kier molecular flexibility index (Phi) is 5.06. The molecule has 3 heterocycles. The molecule has 1 aromatic heterocycles. The Morgan fingerprint density at radius 2 is 2.00 bits per heavy atom. The predicted octanol–water partition coefficient (Wildman–Crippen LogP) is 1.89. The number of nitrogens with two attached hydrogens (primary N) is 1. The Bertz CT molecular complexity index is 603. The molecule has 0 saturated carbocycles. The number of nitrogens with one attached hydrogen (secondary N) is 1. The van der Waals surface area contributed by atoms with E-state index in [1.54, 1.807) is 4.90 Å². The lowest BCUT2D eigenvalue weighted by Gasteiger charge is -2.41. The molecule has 0 atom stereocenters. The van der Waals surface area contributed by atoms with Crippen LogP contribution in [0, 0.1) is 5.41 Å². The molecule has 1 amide bonds. The molecule has 25 heavy (non-hydrogen) atoms.